The summed E-state index contributed by atoms with van der Waals surface area (Å²) in [7, 11) is 0. The Morgan fingerprint density at radius 2 is 2.41 bits per heavy atom. The Morgan fingerprint density at radius 3 is 3.12 bits per heavy atom. The molecule has 1 N–H and O–H groups in total. The molecule has 17 heavy (non-hydrogen) atoms. The van der Waals surface area contributed by atoms with Crippen LogP contribution in [0, 0.1) is 0 Å². The zero-order valence-electron chi connectivity index (χ0n) is 11.2. The fourth-order valence-electron chi connectivity index (χ4n) is 2.72. The van der Waals surface area contributed by atoms with Gasteiger partial charge in [0.15, 0.2) is 0 Å². The fourth-order valence-corrected chi connectivity index (χ4v) is 2.72. The second-order valence-corrected chi connectivity index (χ2v) is 5.22. The summed E-state index contributed by atoms with van der Waals surface area (Å²) in [6, 6.07) is 1.12. The van der Waals surface area contributed by atoms with E-state index in [1.807, 2.05) is 12.5 Å². The monoisotopic (exact) mass is 235 g/mol. The van der Waals surface area contributed by atoms with Crippen molar-refractivity contribution in [3.8, 4) is 0 Å². The zero-order valence-corrected chi connectivity index (χ0v) is 11.2. The van der Waals surface area contributed by atoms with E-state index in [0.717, 1.165) is 6.54 Å². The summed E-state index contributed by atoms with van der Waals surface area (Å²) in [6.07, 6.45) is 11.8. The summed E-state index contributed by atoms with van der Waals surface area (Å²) in [5.74, 6) is 0. The van der Waals surface area contributed by atoms with Crippen LogP contribution in [0.3, 0.4) is 0 Å². The van der Waals surface area contributed by atoms with E-state index in [1.54, 1.807) is 0 Å². The number of aromatic nitrogens is 2. The lowest BCUT2D eigenvalue weighted by atomic mass is 10.1. The minimum absolute atomic E-state index is 0.533. The van der Waals surface area contributed by atoms with Crippen molar-refractivity contribution in [2.45, 2.75) is 64.5 Å². The minimum atomic E-state index is 0.533. The van der Waals surface area contributed by atoms with Crippen molar-refractivity contribution in [1.29, 1.82) is 0 Å². The number of imidazole rings is 1. The van der Waals surface area contributed by atoms with Crippen LogP contribution in [0.1, 0.15) is 70.2 Å². The van der Waals surface area contributed by atoms with Gasteiger partial charge in [-0.1, -0.05) is 26.2 Å². The van der Waals surface area contributed by atoms with Crippen LogP contribution in [-0.2, 0) is 0 Å². The highest BCUT2D eigenvalue weighted by Crippen LogP contribution is 2.26. The van der Waals surface area contributed by atoms with E-state index in [4.69, 9.17) is 0 Å². The third-order valence-corrected chi connectivity index (χ3v) is 3.81. The van der Waals surface area contributed by atoms with Crippen molar-refractivity contribution in [1.82, 2.24) is 14.9 Å². The van der Waals surface area contributed by atoms with Gasteiger partial charge in [-0.25, -0.2) is 4.98 Å². The molecule has 0 bridgehead atoms. The van der Waals surface area contributed by atoms with Crippen LogP contribution in [-0.4, -0.2) is 16.1 Å². The average Bonchev–Trinajstić information content (AvgIpc) is 2.99. The van der Waals surface area contributed by atoms with Gasteiger partial charge in [0.25, 0.3) is 0 Å². The molecule has 1 aromatic heterocycles. The van der Waals surface area contributed by atoms with Gasteiger partial charge in [-0.15, -0.1) is 0 Å². The first kappa shape index (κ1) is 12.6. The summed E-state index contributed by atoms with van der Waals surface area (Å²) in [5, 5.41) is 3.56. The van der Waals surface area contributed by atoms with Gasteiger partial charge in [-0.2, -0.15) is 0 Å². The molecule has 0 aromatic carbocycles. The molecule has 2 rings (SSSR count). The van der Waals surface area contributed by atoms with Crippen molar-refractivity contribution in [2.75, 3.05) is 6.54 Å². The van der Waals surface area contributed by atoms with Gasteiger partial charge in [0.1, 0.15) is 0 Å². The van der Waals surface area contributed by atoms with Gasteiger partial charge in [0.05, 0.1) is 12.0 Å². The molecular weight excluding hydrogens is 210 g/mol. The van der Waals surface area contributed by atoms with Crippen LogP contribution in [0.25, 0.3) is 0 Å². The van der Waals surface area contributed by atoms with E-state index in [-0.39, 0.29) is 0 Å². The molecule has 1 saturated heterocycles. The number of rotatable bonds is 6. The van der Waals surface area contributed by atoms with E-state index in [1.165, 1.54) is 44.2 Å². The molecule has 0 spiro atoms. The van der Waals surface area contributed by atoms with E-state index < -0.39 is 0 Å². The lowest BCUT2D eigenvalue weighted by Crippen LogP contribution is -2.18. The van der Waals surface area contributed by atoms with E-state index in [0.29, 0.717) is 12.1 Å². The van der Waals surface area contributed by atoms with Crippen molar-refractivity contribution in [2.24, 2.45) is 0 Å². The number of hydrogen-bond donors (Lipinski definition) is 1. The van der Waals surface area contributed by atoms with Crippen LogP contribution in [0.15, 0.2) is 12.5 Å². The van der Waals surface area contributed by atoms with Crippen molar-refractivity contribution in [3.05, 3.63) is 18.2 Å². The van der Waals surface area contributed by atoms with Gasteiger partial charge in [0, 0.05) is 18.3 Å². The molecule has 1 aromatic rings. The Bertz CT molecular complexity index is 326. The number of nitrogens with one attached hydrogen (secondary N) is 1. The number of hydrogen-bond acceptors (Lipinski definition) is 2. The first-order chi connectivity index (χ1) is 8.33. The molecule has 1 aliphatic heterocycles. The molecule has 2 atom stereocenters. The molecular formula is C14H25N3. The smallest absolute Gasteiger partial charge is 0.0951 e. The largest absolute Gasteiger partial charge is 0.330 e. The van der Waals surface area contributed by atoms with Crippen molar-refractivity contribution < 1.29 is 0 Å². The predicted molar refractivity (Wildman–Crippen MR) is 71.1 cm³/mol. The van der Waals surface area contributed by atoms with Crippen molar-refractivity contribution in [3.63, 3.8) is 0 Å². The van der Waals surface area contributed by atoms with Crippen molar-refractivity contribution >= 4 is 0 Å². The van der Waals surface area contributed by atoms with Crippen LogP contribution in [0.5, 0.6) is 0 Å². The third-order valence-electron chi connectivity index (χ3n) is 3.81. The second-order valence-electron chi connectivity index (χ2n) is 5.22. The van der Waals surface area contributed by atoms with Gasteiger partial charge in [0.2, 0.25) is 0 Å². The topological polar surface area (TPSA) is 29.9 Å². The van der Waals surface area contributed by atoms with E-state index in [2.05, 4.69) is 28.7 Å². The van der Waals surface area contributed by atoms with Crippen LogP contribution >= 0.6 is 0 Å². The van der Waals surface area contributed by atoms with Gasteiger partial charge >= 0.3 is 0 Å². The molecule has 3 nitrogen and oxygen atoms in total. The van der Waals surface area contributed by atoms with E-state index >= 15 is 0 Å². The minimum Gasteiger partial charge on any atom is -0.330 e. The number of unbranched alkanes of at least 4 members (excludes halogenated alkanes) is 2. The molecule has 3 heteroatoms. The normalized spacial score (nSPS) is 21.9. The molecule has 0 radical (unpaired) electrons. The Morgan fingerprint density at radius 1 is 1.53 bits per heavy atom. The highest BCUT2D eigenvalue weighted by molar-refractivity contribution is 5.08. The lowest BCUT2D eigenvalue weighted by Gasteiger charge is -2.19. The van der Waals surface area contributed by atoms with Crippen LogP contribution in [0.4, 0.5) is 0 Å². The first-order valence-electron chi connectivity index (χ1n) is 7.08. The summed E-state index contributed by atoms with van der Waals surface area (Å²) < 4.78 is 2.37. The highest BCUT2D eigenvalue weighted by atomic mass is 15.1. The molecule has 96 valence electrons. The fraction of sp³-hybridized carbons (Fsp3) is 0.786. The van der Waals surface area contributed by atoms with Crippen LogP contribution in [0.2, 0.25) is 0 Å². The maximum Gasteiger partial charge on any atom is 0.0951 e. The molecule has 1 aliphatic rings. The van der Waals surface area contributed by atoms with Crippen LogP contribution < -0.4 is 5.32 Å². The quantitative estimate of drug-likeness (QED) is 0.765. The highest BCUT2D eigenvalue weighted by Gasteiger charge is 2.21. The Balaban J connectivity index is 1.97. The van der Waals surface area contributed by atoms with Gasteiger partial charge in [-0.3, -0.25) is 0 Å². The summed E-state index contributed by atoms with van der Waals surface area (Å²) in [6.45, 7) is 5.73. The Labute approximate surface area is 105 Å². The maximum atomic E-state index is 4.34. The molecule has 2 heterocycles. The standard InChI is InChI=1S/C14H25N3/c1-3-4-5-7-12(2)17-11-15-10-14(17)13-8-6-9-16-13/h10-13,16H,3-9H2,1-2H3/t12?,13-/m0/s1. The zero-order chi connectivity index (χ0) is 12.1. The van der Waals surface area contributed by atoms with Gasteiger partial charge < -0.3 is 9.88 Å². The SMILES string of the molecule is CCCCCC(C)n1cncc1[C@@H]1CCCN1. The summed E-state index contributed by atoms with van der Waals surface area (Å²) >= 11 is 0. The molecule has 0 amide bonds. The number of nitrogens with zero attached hydrogens (tertiary/aromatic N) is 2. The summed E-state index contributed by atoms with van der Waals surface area (Å²) in [5.41, 5.74) is 1.38. The first-order valence-corrected chi connectivity index (χ1v) is 7.08. The lowest BCUT2D eigenvalue weighted by molar-refractivity contribution is 0.446. The molecule has 1 fully saturated rings. The molecule has 0 aliphatic carbocycles. The van der Waals surface area contributed by atoms with Gasteiger partial charge in [-0.05, 0) is 32.7 Å². The van der Waals surface area contributed by atoms with E-state index in [9.17, 15) is 0 Å². The molecule has 1 unspecified atom stereocenters. The average molecular weight is 235 g/mol. The Hall–Kier alpha value is -0.830. The maximum absolute atomic E-state index is 4.34. The summed E-state index contributed by atoms with van der Waals surface area (Å²) in [4.78, 5) is 4.34. The Kier molecular flexibility index (Phi) is 4.60. The predicted octanol–water partition coefficient (Wildman–Crippen LogP) is 3.45. The second kappa shape index (κ2) is 6.20. The molecule has 0 saturated carbocycles. The third kappa shape index (κ3) is 3.09.